The smallest absolute Gasteiger partial charge is 0.145 e. The maximum Gasteiger partial charge on any atom is 0.145 e. The number of aryl methyl sites for hydroxylation is 1. The van der Waals surface area contributed by atoms with Gasteiger partial charge in [0.05, 0.1) is 5.69 Å². The molecule has 4 nitrogen and oxygen atoms in total. The van der Waals surface area contributed by atoms with Gasteiger partial charge >= 0.3 is 0 Å². The summed E-state index contributed by atoms with van der Waals surface area (Å²) < 4.78 is 0. The SMILES string of the molecule is CCN(CC)c1ccc(N=Nc2ccc(C)cc2)c(O)c1. The summed E-state index contributed by atoms with van der Waals surface area (Å²) in [6, 6.07) is 13.3. The van der Waals surface area contributed by atoms with Gasteiger partial charge in [0.1, 0.15) is 11.4 Å². The molecule has 0 bridgehead atoms. The van der Waals surface area contributed by atoms with Crippen molar-refractivity contribution in [2.45, 2.75) is 20.8 Å². The Bertz CT molecular complexity index is 616. The molecule has 1 N–H and O–H groups in total. The lowest BCUT2D eigenvalue weighted by Gasteiger charge is -2.21. The van der Waals surface area contributed by atoms with Crippen molar-refractivity contribution in [3.8, 4) is 5.75 Å². The van der Waals surface area contributed by atoms with Crippen LogP contribution in [0.1, 0.15) is 19.4 Å². The predicted octanol–water partition coefficient (Wildman–Crippen LogP) is 4.96. The van der Waals surface area contributed by atoms with E-state index in [0.29, 0.717) is 5.69 Å². The summed E-state index contributed by atoms with van der Waals surface area (Å²) in [6.07, 6.45) is 0. The standard InChI is InChI=1S/C17H21N3O/c1-4-20(5-2)15-10-11-16(17(21)12-15)19-18-14-8-6-13(3)7-9-14/h6-12,21H,4-5H2,1-3H3. The highest BCUT2D eigenvalue weighted by Crippen LogP contribution is 2.32. The number of hydrogen-bond acceptors (Lipinski definition) is 4. The highest BCUT2D eigenvalue weighted by atomic mass is 16.3. The van der Waals surface area contributed by atoms with Gasteiger partial charge in [0.15, 0.2) is 0 Å². The minimum atomic E-state index is 0.148. The van der Waals surface area contributed by atoms with E-state index >= 15 is 0 Å². The zero-order chi connectivity index (χ0) is 15.2. The first-order valence-electron chi connectivity index (χ1n) is 7.20. The van der Waals surface area contributed by atoms with Gasteiger partial charge in [-0.15, -0.1) is 5.11 Å². The van der Waals surface area contributed by atoms with E-state index in [9.17, 15) is 5.11 Å². The van der Waals surface area contributed by atoms with Crippen LogP contribution in [-0.2, 0) is 0 Å². The van der Waals surface area contributed by atoms with Crippen molar-refractivity contribution in [1.29, 1.82) is 0 Å². The summed E-state index contributed by atoms with van der Waals surface area (Å²) in [5.41, 5.74) is 3.42. The Morgan fingerprint density at radius 1 is 0.952 bits per heavy atom. The predicted molar refractivity (Wildman–Crippen MR) is 87.0 cm³/mol. The fourth-order valence-corrected chi connectivity index (χ4v) is 2.10. The number of azo groups is 1. The molecule has 0 spiro atoms. The third kappa shape index (κ3) is 3.81. The number of aromatic hydroxyl groups is 1. The van der Waals surface area contributed by atoms with E-state index in [1.165, 1.54) is 5.56 Å². The Hall–Kier alpha value is -2.36. The van der Waals surface area contributed by atoms with E-state index < -0.39 is 0 Å². The largest absolute Gasteiger partial charge is 0.506 e. The van der Waals surface area contributed by atoms with Crippen molar-refractivity contribution in [3.05, 3.63) is 48.0 Å². The number of hydrogen-bond donors (Lipinski definition) is 1. The minimum absolute atomic E-state index is 0.148. The molecular formula is C17H21N3O. The lowest BCUT2D eigenvalue weighted by Crippen LogP contribution is -2.21. The topological polar surface area (TPSA) is 48.2 Å². The quantitative estimate of drug-likeness (QED) is 0.788. The van der Waals surface area contributed by atoms with Crippen LogP contribution >= 0.6 is 0 Å². The molecule has 0 aliphatic rings. The number of benzene rings is 2. The Balaban J connectivity index is 2.19. The van der Waals surface area contributed by atoms with E-state index in [1.807, 2.05) is 37.3 Å². The van der Waals surface area contributed by atoms with Crippen LogP contribution in [0.4, 0.5) is 17.1 Å². The highest BCUT2D eigenvalue weighted by Gasteiger charge is 2.06. The molecule has 0 amide bonds. The van der Waals surface area contributed by atoms with Crippen LogP contribution in [0, 0.1) is 6.92 Å². The molecule has 0 atom stereocenters. The third-order valence-corrected chi connectivity index (χ3v) is 3.39. The van der Waals surface area contributed by atoms with Crippen LogP contribution in [0.15, 0.2) is 52.7 Å². The minimum Gasteiger partial charge on any atom is -0.506 e. The normalized spacial score (nSPS) is 11.0. The van der Waals surface area contributed by atoms with Gasteiger partial charge in [-0.05, 0) is 45.0 Å². The third-order valence-electron chi connectivity index (χ3n) is 3.39. The summed E-state index contributed by atoms with van der Waals surface area (Å²) in [5.74, 6) is 0.148. The molecule has 110 valence electrons. The van der Waals surface area contributed by atoms with Gasteiger partial charge < -0.3 is 10.0 Å². The molecule has 0 radical (unpaired) electrons. The van der Waals surface area contributed by atoms with Gasteiger partial charge in [-0.1, -0.05) is 17.7 Å². The van der Waals surface area contributed by atoms with Crippen molar-refractivity contribution in [2.75, 3.05) is 18.0 Å². The van der Waals surface area contributed by atoms with Gasteiger partial charge in [0.2, 0.25) is 0 Å². The van der Waals surface area contributed by atoms with E-state index in [0.717, 1.165) is 24.5 Å². The number of anilines is 1. The molecule has 0 saturated carbocycles. The van der Waals surface area contributed by atoms with Crippen molar-refractivity contribution < 1.29 is 5.11 Å². The van der Waals surface area contributed by atoms with Crippen LogP contribution in [0.25, 0.3) is 0 Å². The van der Waals surface area contributed by atoms with E-state index in [4.69, 9.17) is 0 Å². The number of rotatable bonds is 5. The Kier molecular flexibility index (Phi) is 4.93. The molecule has 2 rings (SSSR count). The first-order chi connectivity index (χ1) is 10.1. The van der Waals surface area contributed by atoms with E-state index in [-0.39, 0.29) is 5.75 Å². The summed E-state index contributed by atoms with van der Waals surface area (Å²) >= 11 is 0. The Morgan fingerprint density at radius 2 is 1.62 bits per heavy atom. The fourth-order valence-electron chi connectivity index (χ4n) is 2.10. The molecule has 0 aliphatic carbocycles. The molecule has 21 heavy (non-hydrogen) atoms. The first kappa shape index (κ1) is 15.0. The molecule has 4 heteroatoms. The first-order valence-corrected chi connectivity index (χ1v) is 7.20. The summed E-state index contributed by atoms with van der Waals surface area (Å²) in [7, 11) is 0. The van der Waals surface area contributed by atoms with Crippen LogP contribution in [0.5, 0.6) is 5.75 Å². The van der Waals surface area contributed by atoms with Crippen LogP contribution < -0.4 is 4.90 Å². The fraction of sp³-hybridized carbons (Fsp3) is 0.294. The van der Waals surface area contributed by atoms with Crippen molar-refractivity contribution >= 4 is 17.1 Å². The molecule has 0 heterocycles. The lowest BCUT2D eigenvalue weighted by atomic mass is 10.2. The van der Waals surface area contributed by atoms with Crippen molar-refractivity contribution in [3.63, 3.8) is 0 Å². The number of phenols is 1. The molecule has 2 aromatic carbocycles. The van der Waals surface area contributed by atoms with Gasteiger partial charge in [0.25, 0.3) is 0 Å². The zero-order valence-corrected chi connectivity index (χ0v) is 12.7. The van der Waals surface area contributed by atoms with Crippen molar-refractivity contribution in [1.82, 2.24) is 0 Å². The second-order valence-corrected chi connectivity index (χ2v) is 4.88. The molecule has 0 unspecified atom stereocenters. The van der Waals surface area contributed by atoms with Gasteiger partial charge in [-0.2, -0.15) is 5.11 Å². The van der Waals surface area contributed by atoms with Gasteiger partial charge in [-0.25, -0.2) is 0 Å². The number of nitrogens with zero attached hydrogens (tertiary/aromatic N) is 3. The van der Waals surface area contributed by atoms with Crippen LogP contribution in [0.2, 0.25) is 0 Å². The summed E-state index contributed by atoms with van der Waals surface area (Å²) in [6.45, 7) is 8.01. The van der Waals surface area contributed by atoms with E-state index in [1.54, 1.807) is 12.1 Å². The summed E-state index contributed by atoms with van der Waals surface area (Å²) in [5, 5.41) is 18.3. The maximum absolute atomic E-state index is 10.1. The second-order valence-electron chi connectivity index (χ2n) is 4.88. The maximum atomic E-state index is 10.1. The summed E-state index contributed by atoms with van der Waals surface area (Å²) in [4.78, 5) is 2.17. The molecule has 0 fully saturated rings. The molecule has 2 aromatic rings. The second kappa shape index (κ2) is 6.88. The lowest BCUT2D eigenvalue weighted by molar-refractivity contribution is 0.476. The van der Waals surface area contributed by atoms with Crippen molar-refractivity contribution in [2.24, 2.45) is 10.2 Å². The highest BCUT2D eigenvalue weighted by molar-refractivity contribution is 5.61. The van der Waals surface area contributed by atoms with Crippen LogP contribution in [-0.4, -0.2) is 18.2 Å². The van der Waals surface area contributed by atoms with E-state index in [2.05, 4.69) is 29.0 Å². The molecule has 0 saturated heterocycles. The van der Waals surface area contributed by atoms with Crippen LogP contribution in [0.3, 0.4) is 0 Å². The Labute approximate surface area is 125 Å². The average molecular weight is 283 g/mol. The Morgan fingerprint density at radius 3 is 2.19 bits per heavy atom. The molecular weight excluding hydrogens is 262 g/mol. The number of phenolic OH excluding ortho intramolecular Hbond substituents is 1. The monoisotopic (exact) mass is 283 g/mol. The average Bonchev–Trinajstić information content (AvgIpc) is 2.49. The molecule has 0 aliphatic heterocycles. The van der Waals surface area contributed by atoms with Gasteiger partial charge in [0, 0.05) is 24.8 Å². The van der Waals surface area contributed by atoms with Gasteiger partial charge in [-0.3, -0.25) is 0 Å². The zero-order valence-electron chi connectivity index (χ0n) is 12.7. The molecule has 0 aromatic heterocycles.